The standard InChI is InChI=1S/C14H15ClN2O3S/c1-9(2)17-13(12(15)8-16-17)14(18)10-4-6-11(7-5-10)21(3,19)20/h4-9H,1-3H3. The highest BCUT2D eigenvalue weighted by Crippen LogP contribution is 2.22. The Bertz CT molecular complexity index is 777. The molecule has 1 aromatic carbocycles. The van der Waals surface area contributed by atoms with Crippen molar-refractivity contribution in [3.05, 3.63) is 46.7 Å². The number of sulfone groups is 1. The van der Waals surface area contributed by atoms with Crippen LogP contribution in [0.3, 0.4) is 0 Å². The third kappa shape index (κ3) is 3.16. The summed E-state index contributed by atoms with van der Waals surface area (Å²) in [5.41, 5.74) is 0.672. The predicted octanol–water partition coefficient (Wildman–Crippen LogP) is 2.75. The minimum atomic E-state index is -3.28. The van der Waals surface area contributed by atoms with E-state index in [-0.39, 0.29) is 21.7 Å². The van der Waals surface area contributed by atoms with E-state index >= 15 is 0 Å². The van der Waals surface area contributed by atoms with Crippen molar-refractivity contribution < 1.29 is 13.2 Å². The summed E-state index contributed by atoms with van der Waals surface area (Å²) in [6, 6.07) is 5.77. The van der Waals surface area contributed by atoms with Crippen LogP contribution in [0.25, 0.3) is 0 Å². The molecule has 0 atom stereocenters. The Hall–Kier alpha value is -1.66. The van der Waals surface area contributed by atoms with Crippen LogP contribution in [0, 0.1) is 0 Å². The number of aromatic nitrogens is 2. The molecule has 0 amide bonds. The van der Waals surface area contributed by atoms with Gasteiger partial charge in [0.05, 0.1) is 16.1 Å². The van der Waals surface area contributed by atoms with Gasteiger partial charge in [-0.1, -0.05) is 11.6 Å². The maximum Gasteiger partial charge on any atom is 0.212 e. The Labute approximate surface area is 128 Å². The zero-order valence-corrected chi connectivity index (χ0v) is 13.4. The molecule has 0 aliphatic rings. The average Bonchev–Trinajstić information content (AvgIpc) is 2.79. The fourth-order valence-electron chi connectivity index (χ4n) is 1.94. The van der Waals surface area contributed by atoms with Gasteiger partial charge in [-0.15, -0.1) is 0 Å². The monoisotopic (exact) mass is 326 g/mol. The summed E-state index contributed by atoms with van der Waals surface area (Å²) >= 11 is 6.04. The molecule has 0 saturated heterocycles. The summed E-state index contributed by atoms with van der Waals surface area (Å²) < 4.78 is 24.4. The van der Waals surface area contributed by atoms with Crippen LogP contribution in [0.2, 0.25) is 5.02 Å². The maximum atomic E-state index is 12.5. The number of ketones is 1. The van der Waals surface area contributed by atoms with Gasteiger partial charge in [0.15, 0.2) is 9.84 Å². The van der Waals surface area contributed by atoms with Crippen molar-refractivity contribution in [3.8, 4) is 0 Å². The highest BCUT2D eigenvalue weighted by atomic mass is 35.5. The van der Waals surface area contributed by atoms with E-state index in [2.05, 4.69) is 5.10 Å². The number of benzene rings is 1. The van der Waals surface area contributed by atoms with Crippen molar-refractivity contribution in [3.63, 3.8) is 0 Å². The van der Waals surface area contributed by atoms with Crippen LogP contribution in [-0.4, -0.2) is 30.2 Å². The molecular weight excluding hydrogens is 312 g/mol. The minimum absolute atomic E-state index is 0.00765. The van der Waals surface area contributed by atoms with Crippen molar-refractivity contribution >= 4 is 27.2 Å². The number of halogens is 1. The van der Waals surface area contributed by atoms with E-state index in [0.717, 1.165) is 6.26 Å². The van der Waals surface area contributed by atoms with Gasteiger partial charge in [0.2, 0.25) is 5.78 Å². The molecule has 5 nitrogen and oxygen atoms in total. The minimum Gasteiger partial charge on any atom is -0.287 e. The lowest BCUT2D eigenvalue weighted by atomic mass is 10.1. The number of carbonyl (C=O) groups excluding carboxylic acids is 1. The Morgan fingerprint density at radius 3 is 2.29 bits per heavy atom. The van der Waals surface area contributed by atoms with Gasteiger partial charge < -0.3 is 0 Å². The van der Waals surface area contributed by atoms with E-state index in [4.69, 9.17) is 11.6 Å². The van der Waals surface area contributed by atoms with Crippen molar-refractivity contribution in [2.24, 2.45) is 0 Å². The van der Waals surface area contributed by atoms with Crippen LogP contribution in [0.15, 0.2) is 35.4 Å². The van der Waals surface area contributed by atoms with E-state index in [9.17, 15) is 13.2 Å². The molecule has 0 unspecified atom stereocenters. The molecule has 0 radical (unpaired) electrons. The van der Waals surface area contributed by atoms with Gasteiger partial charge in [0.25, 0.3) is 0 Å². The third-order valence-electron chi connectivity index (χ3n) is 3.00. The van der Waals surface area contributed by atoms with E-state index in [1.807, 2.05) is 13.8 Å². The topological polar surface area (TPSA) is 69.0 Å². The number of hydrogen-bond donors (Lipinski definition) is 0. The SMILES string of the molecule is CC(C)n1ncc(Cl)c1C(=O)c1ccc(S(C)(=O)=O)cc1. The molecule has 1 heterocycles. The number of hydrogen-bond acceptors (Lipinski definition) is 4. The lowest BCUT2D eigenvalue weighted by molar-refractivity contribution is 0.102. The molecule has 0 N–H and O–H groups in total. The molecule has 7 heteroatoms. The van der Waals surface area contributed by atoms with Crippen molar-refractivity contribution in [2.75, 3.05) is 6.26 Å². The number of nitrogens with zero attached hydrogens (tertiary/aromatic N) is 2. The van der Waals surface area contributed by atoms with Gasteiger partial charge >= 0.3 is 0 Å². The predicted molar refractivity (Wildman–Crippen MR) is 80.6 cm³/mol. The summed E-state index contributed by atoms with van der Waals surface area (Å²) in [5, 5.41) is 4.37. The third-order valence-corrected chi connectivity index (χ3v) is 4.40. The number of carbonyl (C=O) groups is 1. The fraction of sp³-hybridized carbons (Fsp3) is 0.286. The Kier molecular flexibility index (Phi) is 4.20. The van der Waals surface area contributed by atoms with Gasteiger partial charge in [-0.2, -0.15) is 5.10 Å². The summed E-state index contributed by atoms with van der Waals surface area (Å²) in [7, 11) is -3.28. The Balaban J connectivity index is 2.44. The first-order chi connectivity index (χ1) is 9.71. The molecule has 2 rings (SSSR count). The summed E-state index contributed by atoms with van der Waals surface area (Å²) in [6.45, 7) is 3.79. The van der Waals surface area contributed by atoms with Crippen molar-refractivity contribution in [1.29, 1.82) is 0 Å². The molecule has 0 aliphatic heterocycles. The van der Waals surface area contributed by atoms with Crippen molar-refractivity contribution in [1.82, 2.24) is 9.78 Å². The maximum absolute atomic E-state index is 12.5. The lowest BCUT2D eigenvalue weighted by Crippen LogP contribution is -2.14. The Morgan fingerprint density at radius 2 is 1.81 bits per heavy atom. The highest BCUT2D eigenvalue weighted by Gasteiger charge is 2.21. The van der Waals surface area contributed by atoms with Crippen molar-refractivity contribution in [2.45, 2.75) is 24.8 Å². The van der Waals surface area contributed by atoms with Gasteiger partial charge in [-0.05, 0) is 38.1 Å². The van der Waals surface area contributed by atoms with Crippen LogP contribution in [0.5, 0.6) is 0 Å². The second-order valence-electron chi connectivity index (χ2n) is 5.01. The van der Waals surface area contributed by atoms with E-state index in [1.54, 1.807) is 4.68 Å². The first-order valence-corrected chi connectivity index (χ1v) is 8.56. The molecule has 0 spiro atoms. The average molecular weight is 327 g/mol. The molecule has 1 aromatic heterocycles. The second-order valence-corrected chi connectivity index (χ2v) is 7.43. The highest BCUT2D eigenvalue weighted by molar-refractivity contribution is 7.90. The van der Waals surface area contributed by atoms with Gasteiger partial charge in [-0.25, -0.2) is 8.42 Å². The smallest absolute Gasteiger partial charge is 0.212 e. The first-order valence-electron chi connectivity index (χ1n) is 6.29. The quantitative estimate of drug-likeness (QED) is 0.810. The molecule has 0 fully saturated rings. The lowest BCUT2D eigenvalue weighted by Gasteiger charge is -2.10. The van der Waals surface area contributed by atoms with Crippen LogP contribution in [0.1, 0.15) is 35.9 Å². The van der Waals surface area contributed by atoms with Crippen LogP contribution < -0.4 is 0 Å². The molecule has 0 aliphatic carbocycles. The molecular formula is C14H15ClN2O3S. The zero-order valence-electron chi connectivity index (χ0n) is 11.9. The molecule has 0 bridgehead atoms. The van der Waals surface area contributed by atoms with E-state index in [1.165, 1.54) is 30.5 Å². The number of rotatable bonds is 4. The van der Waals surface area contributed by atoms with Gasteiger partial charge in [0.1, 0.15) is 5.69 Å². The normalized spacial score (nSPS) is 11.9. The molecule has 0 saturated carbocycles. The molecule has 21 heavy (non-hydrogen) atoms. The van der Waals surface area contributed by atoms with Crippen LogP contribution >= 0.6 is 11.6 Å². The first kappa shape index (κ1) is 15.7. The summed E-state index contributed by atoms with van der Waals surface area (Å²) in [4.78, 5) is 12.7. The Morgan fingerprint density at radius 1 is 1.24 bits per heavy atom. The van der Waals surface area contributed by atoms with Gasteiger partial charge in [-0.3, -0.25) is 9.48 Å². The second kappa shape index (κ2) is 5.61. The van der Waals surface area contributed by atoms with Crippen LogP contribution in [-0.2, 0) is 9.84 Å². The van der Waals surface area contributed by atoms with Gasteiger partial charge in [0, 0.05) is 17.9 Å². The largest absolute Gasteiger partial charge is 0.287 e. The summed E-state index contributed by atoms with van der Waals surface area (Å²) in [6.07, 6.45) is 2.55. The summed E-state index contributed by atoms with van der Waals surface area (Å²) in [5.74, 6) is -0.286. The van der Waals surface area contributed by atoms with E-state index in [0.29, 0.717) is 11.3 Å². The molecule has 2 aromatic rings. The molecule has 112 valence electrons. The van der Waals surface area contributed by atoms with E-state index < -0.39 is 9.84 Å². The zero-order chi connectivity index (χ0) is 15.8. The fourth-order valence-corrected chi connectivity index (χ4v) is 2.78. The van der Waals surface area contributed by atoms with Crippen LogP contribution in [0.4, 0.5) is 0 Å².